The first-order valence-corrected chi connectivity index (χ1v) is 10.6. The third-order valence-electron chi connectivity index (χ3n) is 4.91. The summed E-state index contributed by atoms with van der Waals surface area (Å²) in [7, 11) is 0. The van der Waals surface area contributed by atoms with Gasteiger partial charge in [-0.3, -0.25) is 19.7 Å². The van der Waals surface area contributed by atoms with E-state index in [-0.39, 0.29) is 5.91 Å². The predicted molar refractivity (Wildman–Crippen MR) is 115 cm³/mol. The van der Waals surface area contributed by atoms with Crippen LogP contribution in [0.1, 0.15) is 11.3 Å². The maximum atomic E-state index is 12.3. The van der Waals surface area contributed by atoms with Crippen LogP contribution in [0.3, 0.4) is 0 Å². The third-order valence-corrected chi connectivity index (χ3v) is 5.82. The molecule has 7 nitrogen and oxygen atoms in total. The molecule has 0 bridgehead atoms. The molecule has 1 saturated heterocycles. The molecule has 0 radical (unpaired) electrons. The van der Waals surface area contributed by atoms with Crippen molar-refractivity contribution in [2.45, 2.75) is 13.5 Å². The summed E-state index contributed by atoms with van der Waals surface area (Å²) in [4.78, 5) is 29.8. The number of aryl methyl sites for hydroxylation is 1. The van der Waals surface area contributed by atoms with Gasteiger partial charge in [0.05, 0.1) is 25.0 Å². The topological polar surface area (TPSA) is 74.2 Å². The van der Waals surface area contributed by atoms with Gasteiger partial charge in [0.1, 0.15) is 10.7 Å². The second kappa shape index (κ2) is 9.11. The zero-order valence-corrected chi connectivity index (χ0v) is 17.2. The van der Waals surface area contributed by atoms with Crippen LogP contribution in [-0.4, -0.2) is 58.5 Å². The highest BCUT2D eigenvalue weighted by molar-refractivity contribution is 7.13. The summed E-state index contributed by atoms with van der Waals surface area (Å²) < 4.78 is 0. The molecule has 0 unspecified atom stereocenters. The molecule has 1 aromatic carbocycles. The van der Waals surface area contributed by atoms with E-state index in [0.717, 1.165) is 42.6 Å². The minimum Gasteiger partial charge on any atom is -0.369 e. The fourth-order valence-corrected chi connectivity index (χ4v) is 4.13. The molecule has 4 rings (SSSR count). The van der Waals surface area contributed by atoms with Gasteiger partial charge in [0.25, 0.3) is 0 Å². The van der Waals surface area contributed by atoms with Crippen molar-refractivity contribution in [3.05, 3.63) is 59.5 Å². The van der Waals surface area contributed by atoms with Crippen LogP contribution in [0.25, 0.3) is 10.7 Å². The lowest BCUT2D eigenvalue weighted by molar-refractivity contribution is -0.122. The number of hydrogen-bond donors (Lipinski definition) is 1. The molecule has 1 N–H and O–H groups in total. The monoisotopic (exact) mass is 408 g/mol. The molecule has 3 aromatic rings. The fourth-order valence-electron chi connectivity index (χ4n) is 3.35. The maximum Gasteiger partial charge on any atom is 0.234 e. The number of piperazine rings is 1. The maximum absolute atomic E-state index is 12.3. The minimum atomic E-state index is 0.0306. The highest BCUT2D eigenvalue weighted by atomic mass is 32.1. The summed E-state index contributed by atoms with van der Waals surface area (Å²) in [5.74, 6) is 0.0306. The second-order valence-corrected chi connectivity index (χ2v) is 7.97. The van der Waals surface area contributed by atoms with Crippen molar-refractivity contribution < 1.29 is 4.79 Å². The first kappa shape index (κ1) is 19.5. The minimum absolute atomic E-state index is 0.0306. The fraction of sp³-hybridized carbons (Fsp3) is 0.333. The Morgan fingerprint density at radius 1 is 1.21 bits per heavy atom. The average Bonchev–Trinajstić information content (AvgIpc) is 3.23. The Morgan fingerprint density at radius 3 is 2.83 bits per heavy atom. The van der Waals surface area contributed by atoms with E-state index in [1.165, 1.54) is 22.6 Å². The van der Waals surface area contributed by atoms with E-state index in [9.17, 15) is 4.79 Å². The molecule has 1 fully saturated rings. The van der Waals surface area contributed by atoms with Gasteiger partial charge in [-0.25, -0.2) is 4.98 Å². The molecule has 0 atom stereocenters. The van der Waals surface area contributed by atoms with Crippen LogP contribution in [0, 0.1) is 6.92 Å². The van der Waals surface area contributed by atoms with Crippen molar-refractivity contribution >= 4 is 22.9 Å². The molecule has 0 spiro atoms. The first-order chi connectivity index (χ1) is 14.2. The summed E-state index contributed by atoms with van der Waals surface area (Å²) in [5.41, 5.74) is 4.13. The summed E-state index contributed by atoms with van der Waals surface area (Å²) in [6, 6.07) is 8.57. The number of nitrogens with one attached hydrogen (secondary N) is 1. The van der Waals surface area contributed by atoms with Crippen LogP contribution >= 0.6 is 11.3 Å². The molecular formula is C21H24N6OS. The van der Waals surface area contributed by atoms with Crippen molar-refractivity contribution in [2.24, 2.45) is 0 Å². The van der Waals surface area contributed by atoms with Crippen LogP contribution in [0.15, 0.2) is 48.2 Å². The summed E-state index contributed by atoms with van der Waals surface area (Å²) in [6.07, 6.45) is 4.98. The lowest BCUT2D eigenvalue weighted by Crippen LogP contribution is -2.49. The number of benzene rings is 1. The first-order valence-electron chi connectivity index (χ1n) is 9.69. The number of anilines is 1. The number of carbonyl (C=O) groups is 1. The molecule has 0 aliphatic carbocycles. The number of amides is 1. The van der Waals surface area contributed by atoms with E-state index >= 15 is 0 Å². The van der Waals surface area contributed by atoms with Gasteiger partial charge < -0.3 is 10.2 Å². The normalized spacial score (nSPS) is 14.7. The Morgan fingerprint density at radius 2 is 2.07 bits per heavy atom. The van der Waals surface area contributed by atoms with Crippen LogP contribution in [-0.2, 0) is 11.3 Å². The molecule has 8 heteroatoms. The number of rotatable bonds is 6. The molecule has 1 amide bonds. The zero-order chi connectivity index (χ0) is 20.1. The van der Waals surface area contributed by atoms with Gasteiger partial charge in [0.15, 0.2) is 0 Å². The van der Waals surface area contributed by atoms with Gasteiger partial charge in [-0.1, -0.05) is 12.1 Å². The molecule has 2 aromatic heterocycles. The predicted octanol–water partition coefficient (Wildman–Crippen LogP) is 2.35. The molecule has 1 aliphatic rings. The van der Waals surface area contributed by atoms with Crippen molar-refractivity contribution in [3.63, 3.8) is 0 Å². The van der Waals surface area contributed by atoms with Gasteiger partial charge >= 0.3 is 0 Å². The quantitative estimate of drug-likeness (QED) is 0.675. The number of hydrogen-bond acceptors (Lipinski definition) is 7. The Hall–Kier alpha value is -2.84. The molecule has 3 heterocycles. The summed E-state index contributed by atoms with van der Waals surface area (Å²) >= 11 is 1.51. The highest BCUT2D eigenvalue weighted by Gasteiger charge is 2.19. The molecule has 150 valence electrons. The van der Waals surface area contributed by atoms with Gasteiger partial charge in [-0.2, -0.15) is 0 Å². The van der Waals surface area contributed by atoms with Gasteiger partial charge in [0, 0.05) is 49.6 Å². The zero-order valence-electron chi connectivity index (χ0n) is 16.4. The van der Waals surface area contributed by atoms with Crippen molar-refractivity contribution in [3.8, 4) is 10.7 Å². The van der Waals surface area contributed by atoms with Gasteiger partial charge in [0.2, 0.25) is 5.91 Å². The van der Waals surface area contributed by atoms with Gasteiger partial charge in [-0.15, -0.1) is 11.3 Å². The Balaban J connectivity index is 1.22. The Kier molecular flexibility index (Phi) is 6.12. The van der Waals surface area contributed by atoms with Crippen molar-refractivity contribution in [2.75, 3.05) is 37.6 Å². The molecule has 0 saturated carbocycles. The summed E-state index contributed by atoms with van der Waals surface area (Å²) in [6.45, 7) is 6.60. The molecular weight excluding hydrogens is 384 g/mol. The lowest BCUT2D eigenvalue weighted by Gasteiger charge is -2.35. The third kappa shape index (κ3) is 5.16. The molecule has 29 heavy (non-hydrogen) atoms. The lowest BCUT2D eigenvalue weighted by atomic mass is 10.2. The van der Waals surface area contributed by atoms with Crippen LogP contribution < -0.4 is 10.2 Å². The largest absolute Gasteiger partial charge is 0.369 e. The number of nitrogens with zero attached hydrogens (tertiary/aromatic N) is 5. The van der Waals surface area contributed by atoms with Crippen LogP contribution in [0.4, 0.5) is 5.69 Å². The number of aromatic nitrogens is 3. The molecule has 1 aliphatic heterocycles. The van der Waals surface area contributed by atoms with E-state index in [1.54, 1.807) is 18.6 Å². The van der Waals surface area contributed by atoms with E-state index in [1.807, 2.05) is 5.38 Å². The van der Waals surface area contributed by atoms with E-state index in [0.29, 0.717) is 13.1 Å². The van der Waals surface area contributed by atoms with Crippen LogP contribution in [0.5, 0.6) is 0 Å². The Bertz CT molecular complexity index is 953. The van der Waals surface area contributed by atoms with Crippen molar-refractivity contribution in [1.29, 1.82) is 0 Å². The number of thiazole rings is 1. The van der Waals surface area contributed by atoms with E-state index in [2.05, 4.69) is 61.3 Å². The summed E-state index contributed by atoms with van der Waals surface area (Å²) in [5, 5.41) is 5.74. The standard InChI is InChI=1S/C21H24N6OS/c1-16-3-2-4-18(11-16)27-9-7-26(8-10-27)14-20(28)24-12-17-15-29-21(25-17)19-13-22-5-6-23-19/h2-6,11,13,15H,7-10,12,14H2,1H3,(H,24,28). The van der Waals surface area contributed by atoms with E-state index in [4.69, 9.17) is 0 Å². The number of carbonyl (C=O) groups excluding carboxylic acids is 1. The Labute approximate surface area is 174 Å². The highest BCUT2D eigenvalue weighted by Crippen LogP contribution is 2.20. The SMILES string of the molecule is Cc1cccc(N2CCN(CC(=O)NCc3csc(-c4cnccn4)n3)CC2)c1. The smallest absolute Gasteiger partial charge is 0.234 e. The van der Waals surface area contributed by atoms with E-state index < -0.39 is 0 Å². The van der Waals surface area contributed by atoms with Crippen molar-refractivity contribution in [1.82, 2.24) is 25.2 Å². The second-order valence-electron chi connectivity index (χ2n) is 7.11. The average molecular weight is 409 g/mol. The van der Waals surface area contributed by atoms with Crippen LogP contribution in [0.2, 0.25) is 0 Å². The van der Waals surface area contributed by atoms with Gasteiger partial charge in [-0.05, 0) is 24.6 Å².